The minimum atomic E-state index is -0.369. The molecule has 3 amide bonds. The molecule has 0 radical (unpaired) electrons. The van der Waals surface area contributed by atoms with E-state index in [0.717, 1.165) is 38.8 Å². The molecule has 0 aromatic heterocycles. The van der Waals surface area contributed by atoms with Crippen molar-refractivity contribution in [3.05, 3.63) is 0 Å². The highest BCUT2D eigenvalue weighted by atomic mass is 16.2. The number of imide groups is 1. The standard InChI is InChI=1S/C11H20N4O2/c12-8-3-5-15(6-4-8)7-10(16)14-11(17)13-9-1-2-9/h8-9H,1-7,12H2,(H2,13,14,16,17). The first-order chi connectivity index (χ1) is 8.13. The first-order valence-electron chi connectivity index (χ1n) is 6.22. The van der Waals surface area contributed by atoms with Crippen molar-refractivity contribution in [2.45, 2.75) is 37.8 Å². The van der Waals surface area contributed by atoms with Crippen molar-refractivity contribution >= 4 is 11.9 Å². The van der Waals surface area contributed by atoms with Crippen molar-refractivity contribution in [3.8, 4) is 0 Å². The molecule has 0 spiro atoms. The maximum absolute atomic E-state index is 11.6. The molecule has 0 aromatic rings. The van der Waals surface area contributed by atoms with Crippen LogP contribution in [-0.2, 0) is 4.79 Å². The third-order valence-corrected chi connectivity index (χ3v) is 3.16. The van der Waals surface area contributed by atoms with Gasteiger partial charge in [-0.3, -0.25) is 15.0 Å². The molecule has 4 N–H and O–H groups in total. The van der Waals surface area contributed by atoms with Gasteiger partial charge in [0, 0.05) is 25.2 Å². The predicted octanol–water partition coefficient (Wildman–Crippen LogP) is -0.602. The minimum Gasteiger partial charge on any atom is -0.335 e. The maximum Gasteiger partial charge on any atom is 0.321 e. The molecule has 6 heteroatoms. The summed E-state index contributed by atoms with van der Waals surface area (Å²) in [5, 5.41) is 5.07. The smallest absolute Gasteiger partial charge is 0.321 e. The van der Waals surface area contributed by atoms with E-state index in [4.69, 9.17) is 5.73 Å². The second-order valence-corrected chi connectivity index (χ2v) is 4.91. The summed E-state index contributed by atoms with van der Waals surface area (Å²) < 4.78 is 0. The molecule has 0 aromatic carbocycles. The van der Waals surface area contributed by atoms with Crippen molar-refractivity contribution < 1.29 is 9.59 Å². The first-order valence-corrected chi connectivity index (χ1v) is 6.22. The van der Waals surface area contributed by atoms with Gasteiger partial charge in [0.05, 0.1) is 6.54 Å². The van der Waals surface area contributed by atoms with E-state index in [1.807, 2.05) is 4.90 Å². The van der Waals surface area contributed by atoms with Crippen LogP contribution >= 0.6 is 0 Å². The highest BCUT2D eigenvalue weighted by molar-refractivity contribution is 5.95. The molecule has 2 fully saturated rings. The Labute approximate surface area is 101 Å². The number of nitrogens with one attached hydrogen (secondary N) is 2. The van der Waals surface area contributed by atoms with Gasteiger partial charge in [-0.15, -0.1) is 0 Å². The van der Waals surface area contributed by atoms with E-state index >= 15 is 0 Å². The fraction of sp³-hybridized carbons (Fsp3) is 0.818. The number of nitrogens with zero attached hydrogens (tertiary/aromatic N) is 1. The number of rotatable bonds is 3. The van der Waals surface area contributed by atoms with Crippen molar-refractivity contribution in [2.24, 2.45) is 5.73 Å². The quantitative estimate of drug-likeness (QED) is 0.614. The molecule has 1 saturated carbocycles. The van der Waals surface area contributed by atoms with Crippen LogP contribution in [0.15, 0.2) is 0 Å². The van der Waals surface area contributed by atoms with Crippen molar-refractivity contribution in [1.82, 2.24) is 15.5 Å². The Hall–Kier alpha value is -1.14. The average Bonchev–Trinajstić information content (AvgIpc) is 3.05. The van der Waals surface area contributed by atoms with E-state index in [-0.39, 0.29) is 30.6 Å². The third kappa shape index (κ3) is 4.32. The Morgan fingerprint density at radius 3 is 2.41 bits per heavy atom. The number of amides is 3. The number of hydrogen-bond donors (Lipinski definition) is 3. The molecule has 17 heavy (non-hydrogen) atoms. The topological polar surface area (TPSA) is 87.5 Å². The van der Waals surface area contributed by atoms with Crippen LogP contribution in [0.5, 0.6) is 0 Å². The van der Waals surface area contributed by atoms with E-state index in [2.05, 4.69) is 10.6 Å². The largest absolute Gasteiger partial charge is 0.335 e. The molecule has 6 nitrogen and oxygen atoms in total. The van der Waals surface area contributed by atoms with E-state index in [9.17, 15) is 9.59 Å². The molecular weight excluding hydrogens is 220 g/mol. The summed E-state index contributed by atoms with van der Waals surface area (Å²) in [4.78, 5) is 24.9. The van der Waals surface area contributed by atoms with Crippen LogP contribution < -0.4 is 16.4 Å². The van der Waals surface area contributed by atoms with Gasteiger partial charge in [-0.05, 0) is 25.7 Å². The first kappa shape index (κ1) is 12.3. The lowest BCUT2D eigenvalue weighted by atomic mass is 10.1. The van der Waals surface area contributed by atoms with Gasteiger partial charge in [-0.1, -0.05) is 0 Å². The van der Waals surface area contributed by atoms with E-state index < -0.39 is 0 Å². The van der Waals surface area contributed by atoms with Gasteiger partial charge in [0.15, 0.2) is 0 Å². The molecular formula is C11H20N4O2. The SMILES string of the molecule is NC1CCN(CC(=O)NC(=O)NC2CC2)CC1. The van der Waals surface area contributed by atoms with E-state index in [1.54, 1.807) is 0 Å². The van der Waals surface area contributed by atoms with E-state index in [1.165, 1.54) is 0 Å². The lowest BCUT2D eigenvalue weighted by Gasteiger charge is -2.29. The van der Waals surface area contributed by atoms with Crippen LogP contribution in [0.4, 0.5) is 4.79 Å². The summed E-state index contributed by atoms with van der Waals surface area (Å²) in [5.41, 5.74) is 5.78. The summed E-state index contributed by atoms with van der Waals surface area (Å²) in [7, 11) is 0. The van der Waals surface area contributed by atoms with Gasteiger partial charge in [-0.25, -0.2) is 4.79 Å². The van der Waals surface area contributed by atoms with Crippen molar-refractivity contribution in [3.63, 3.8) is 0 Å². The number of carbonyl (C=O) groups is 2. The molecule has 1 saturated heterocycles. The van der Waals surface area contributed by atoms with Crippen LogP contribution in [0.25, 0.3) is 0 Å². The lowest BCUT2D eigenvalue weighted by Crippen LogP contribution is -2.48. The number of piperidine rings is 1. The number of likely N-dealkylation sites (tertiary alicyclic amines) is 1. The Morgan fingerprint density at radius 1 is 1.18 bits per heavy atom. The van der Waals surface area contributed by atoms with E-state index in [0.29, 0.717) is 0 Å². The van der Waals surface area contributed by atoms with Gasteiger partial charge < -0.3 is 11.1 Å². The molecule has 96 valence electrons. The molecule has 2 aliphatic rings. The minimum absolute atomic E-state index is 0.237. The van der Waals surface area contributed by atoms with Gasteiger partial charge in [0.25, 0.3) is 0 Å². The Kier molecular flexibility index (Phi) is 3.96. The Bertz CT molecular complexity index is 296. The van der Waals surface area contributed by atoms with Crippen LogP contribution in [-0.4, -0.2) is 48.6 Å². The zero-order chi connectivity index (χ0) is 12.3. The molecule has 2 rings (SSSR count). The van der Waals surface area contributed by atoms with Gasteiger partial charge in [-0.2, -0.15) is 0 Å². The number of carbonyl (C=O) groups excluding carboxylic acids is 2. The fourth-order valence-corrected chi connectivity index (χ4v) is 1.93. The van der Waals surface area contributed by atoms with Gasteiger partial charge in [0.2, 0.25) is 5.91 Å². The van der Waals surface area contributed by atoms with Crippen molar-refractivity contribution in [2.75, 3.05) is 19.6 Å². The number of urea groups is 1. The fourth-order valence-electron chi connectivity index (χ4n) is 1.93. The Morgan fingerprint density at radius 2 is 1.82 bits per heavy atom. The molecule has 1 aliphatic heterocycles. The highest BCUT2D eigenvalue weighted by Crippen LogP contribution is 2.18. The highest BCUT2D eigenvalue weighted by Gasteiger charge is 2.24. The molecule has 1 aliphatic carbocycles. The normalized spacial score (nSPS) is 22.2. The lowest BCUT2D eigenvalue weighted by molar-refractivity contribution is -0.121. The van der Waals surface area contributed by atoms with Crippen LogP contribution in [0, 0.1) is 0 Å². The summed E-state index contributed by atoms with van der Waals surface area (Å²) in [6, 6.07) is 0.162. The van der Waals surface area contributed by atoms with Crippen LogP contribution in [0.1, 0.15) is 25.7 Å². The second-order valence-electron chi connectivity index (χ2n) is 4.91. The molecule has 0 unspecified atom stereocenters. The van der Waals surface area contributed by atoms with Crippen LogP contribution in [0.3, 0.4) is 0 Å². The third-order valence-electron chi connectivity index (χ3n) is 3.16. The number of nitrogens with two attached hydrogens (primary N) is 1. The zero-order valence-corrected chi connectivity index (χ0v) is 9.95. The number of hydrogen-bond acceptors (Lipinski definition) is 4. The zero-order valence-electron chi connectivity index (χ0n) is 9.95. The molecule has 1 heterocycles. The van der Waals surface area contributed by atoms with Gasteiger partial charge in [0.1, 0.15) is 0 Å². The predicted molar refractivity (Wildman–Crippen MR) is 63.3 cm³/mol. The Balaban J connectivity index is 1.64. The average molecular weight is 240 g/mol. The summed E-state index contributed by atoms with van der Waals surface area (Å²) in [5.74, 6) is -0.237. The second kappa shape index (κ2) is 5.46. The summed E-state index contributed by atoms with van der Waals surface area (Å²) >= 11 is 0. The van der Waals surface area contributed by atoms with Crippen molar-refractivity contribution in [1.29, 1.82) is 0 Å². The molecule has 0 atom stereocenters. The molecule has 0 bridgehead atoms. The summed E-state index contributed by atoms with van der Waals surface area (Å²) in [6.07, 6.45) is 3.88. The maximum atomic E-state index is 11.6. The van der Waals surface area contributed by atoms with Gasteiger partial charge >= 0.3 is 6.03 Å². The summed E-state index contributed by atoms with van der Waals surface area (Å²) in [6.45, 7) is 1.95. The van der Waals surface area contributed by atoms with Crippen LogP contribution in [0.2, 0.25) is 0 Å². The monoisotopic (exact) mass is 240 g/mol.